The molecule has 0 aliphatic heterocycles. The minimum Gasteiger partial charge on any atom is -0.495 e. The van der Waals surface area contributed by atoms with Crippen molar-refractivity contribution in [2.24, 2.45) is 0 Å². The van der Waals surface area contributed by atoms with Crippen molar-refractivity contribution >= 4 is 29.1 Å². The Bertz CT molecular complexity index is 777. The number of carbonyl (C=O) groups is 2. The van der Waals surface area contributed by atoms with Crippen LogP contribution in [0.15, 0.2) is 49.3 Å². The van der Waals surface area contributed by atoms with E-state index in [1.807, 2.05) is 0 Å². The van der Waals surface area contributed by atoms with Gasteiger partial charge in [0.05, 0.1) is 23.9 Å². The summed E-state index contributed by atoms with van der Waals surface area (Å²) in [4.78, 5) is 28.2. The number of nitrogens with zero attached hydrogens (tertiary/aromatic N) is 1. The second-order valence-electron chi connectivity index (χ2n) is 4.76. The number of halogens is 1. The third kappa shape index (κ3) is 4.33. The molecule has 0 bridgehead atoms. The predicted octanol–water partition coefficient (Wildman–Crippen LogP) is 2.91. The number of hydrogen-bond donors (Lipinski definition) is 2. The fourth-order valence-corrected chi connectivity index (χ4v) is 2.10. The van der Waals surface area contributed by atoms with Crippen LogP contribution >= 0.6 is 11.6 Å². The van der Waals surface area contributed by atoms with E-state index in [4.69, 9.17) is 16.3 Å². The number of aromatic nitrogens is 1. The summed E-state index contributed by atoms with van der Waals surface area (Å²) in [6.07, 6.45) is 4.32. The molecule has 24 heavy (non-hydrogen) atoms. The van der Waals surface area contributed by atoms with Crippen molar-refractivity contribution in [1.82, 2.24) is 10.3 Å². The Balaban J connectivity index is 2.20. The van der Waals surface area contributed by atoms with Crippen molar-refractivity contribution in [2.75, 3.05) is 19.0 Å². The Morgan fingerprint density at radius 1 is 1.25 bits per heavy atom. The molecule has 0 spiro atoms. The highest BCUT2D eigenvalue weighted by Gasteiger charge is 2.13. The lowest BCUT2D eigenvalue weighted by Gasteiger charge is -2.11. The maximum Gasteiger partial charge on any atom is 0.257 e. The maximum atomic E-state index is 12.4. The van der Waals surface area contributed by atoms with E-state index >= 15 is 0 Å². The molecule has 7 heteroatoms. The second-order valence-corrected chi connectivity index (χ2v) is 5.20. The van der Waals surface area contributed by atoms with Crippen LogP contribution in [0.3, 0.4) is 0 Å². The summed E-state index contributed by atoms with van der Waals surface area (Å²) in [5.74, 6) is -0.292. The van der Waals surface area contributed by atoms with Gasteiger partial charge in [0.25, 0.3) is 11.8 Å². The molecule has 0 unspecified atom stereocenters. The summed E-state index contributed by atoms with van der Waals surface area (Å²) >= 11 is 5.94. The molecule has 0 fully saturated rings. The number of carbonyl (C=O) groups excluding carboxylic acids is 2. The fourth-order valence-electron chi connectivity index (χ4n) is 1.93. The number of ether oxygens (including phenoxy) is 1. The van der Waals surface area contributed by atoms with E-state index in [9.17, 15) is 9.59 Å². The molecule has 2 aromatic rings. The van der Waals surface area contributed by atoms with Gasteiger partial charge >= 0.3 is 0 Å². The van der Waals surface area contributed by atoms with Crippen molar-refractivity contribution in [2.45, 2.75) is 0 Å². The highest BCUT2D eigenvalue weighted by Crippen LogP contribution is 2.28. The standard InChI is InChI=1S/C17H16ClN3O3/c1-3-6-20-16(22)11-7-12(10-19-9-11)17(23)21-14-8-13(18)4-5-15(14)24-2/h3-5,7-10H,1,6H2,2H3,(H,20,22)(H,21,23). The smallest absolute Gasteiger partial charge is 0.257 e. The Morgan fingerprint density at radius 2 is 1.96 bits per heavy atom. The molecule has 1 heterocycles. The van der Waals surface area contributed by atoms with E-state index in [0.29, 0.717) is 23.0 Å². The van der Waals surface area contributed by atoms with Gasteiger partial charge in [-0.1, -0.05) is 17.7 Å². The summed E-state index contributed by atoms with van der Waals surface area (Å²) in [7, 11) is 1.49. The van der Waals surface area contributed by atoms with Crippen LogP contribution in [0.25, 0.3) is 0 Å². The minimum absolute atomic E-state index is 0.239. The van der Waals surface area contributed by atoms with Crippen LogP contribution in [-0.2, 0) is 0 Å². The monoisotopic (exact) mass is 345 g/mol. The van der Waals surface area contributed by atoms with E-state index in [2.05, 4.69) is 22.2 Å². The third-order valence-corrected chi connectivity index (χ3v) is 3.31. The first-order valence-corrected chi connectivity index (χ1v) is 7.42. The molecule has 2 N–H and O–H groups in total. The molecule has 0 atom stereocenters. The van der Waals surface area contributed by atoms with E-state index in [-0.39, 0.29) is 17.0 Å². The van der Waals surface area contributed by atoms with Crippen LogP contribution in [0.2, 0.25) is 5.02 Å². The topological polar surface area (TPSA) is 80.3 Å². The van der Waals surface area contributed by atoms with E-state index < -0.39 is 5.91 Å². The van der Waals surface area contributed by atoms with Crippen LogP contribution in [-0.4, -0.2) is 30.5 Å². The van der Waals surface area contributed by atoms with Crippen molar-refractivity contribution in [1.29, 1.82) is 0 Å². The first kappa shape index (κ1) is 17.5. The molecule has 0 saturated heterocycles. The zero-order valence-electron chi connectivity index (χ0n) is 13.0. The average molecular weight is 346 g/mol. The Hall–Kier alpha value is -2.86. The lowest BCUT2D eigenvalue weighted by Crippen LogP contribution is -2.24. The van der Waals surface area contributed by atoms with Gasteiger partial charge in [-0.15, -0.1) is 6.58 Å². The summed E-state index contributed by atoms with van der Waals surface area (Å²) in [5, 5.41) is 5.78. The number of methoxy groups -OCH3 is 1. The number of anilines is 1. The highest BCUT2D eigenvalue weighted by molar-refractivity contribution is 6.31. The molecule has 0 aliphatic carbocycles. The van der Waals surface area contributed by atoms with Crippen LogP contribution < -0.4 is 15.4 Å². The molecule has 1 aromatic carbocycles. The van der Waals surface area contributed by atoms with Gasteiger partial charge in [0.1, 0.15) is 5.75 Å². The summed E-state index contributed by atoms with van der Waals surface area (Å²) in [6.45, 7) is 3.85. The Kier molecular flexibility index (Phi) is 5.92. The number of pyridine rings is 1. The fraction of sp³-hybridized carbons (Fsp3) is 0.118. The molecule has 1 aromatic heterocycles. The number of benzene rings is 1. The summed E-state index contributed by atoms with van der Waals surface area (Å²) in [6, 6.07) is 6.33. The van der Waals surface area contributed by atoms with Gasteiger partial charge in [-0.05, 0) is 24.3 Å². The van der Waals surface area contributed by atoms with Gasteiger partial charge in [0, 0.05) is 24.0 Å². The van der Waals surface area contributed by atoms with Gasteiger partial charge < -0.3 is 15.4 Å². The van der Waals surface area contributed by atoms with Crippen molar-refractivity contribution in [3.05, 3.63) is 65.5 Å². The molecule has 2 rings (SSSR count). The first-order chi connectivity index (χ1) is 11.5. The van der Waals surface area contributed by atoms with Crippen LogP contribution in [0.1, 0.15) is 20.7 Å². The molecule has 6 nitrogen and oxygen atoms in total. The van der Waals surface area contributed by atoms with E-state index in [1.54, 1.807) is 24.3 Å². The average Bonchev–Trinajstić information content (AvgIpc) is 2.60. The minimum atomic E-state index is -0.429. The van der Waals surface area contributed by atoms with E-state index in [0.717, 1.165) is 0 Å². The first-order valence-electron chi connectivity index (χ1n) is 7.04. The highest BCUT2D eigenvalue weighted by atomic mass is 35.5. The maximum absolute atomic E-state index is 12.4. The number of nitrogens with one attached hydrogen (secondary N) is 2. The van der Waals surface area contributed by atoms with Gasteiger partial charge in [-0.2, -0.15) is 0 Å². The zero-order valence-corrected chi connectivity index (χ0v) is 13.8. The molecule has 0 aliphatic rings. The molecular formula is C17H16ClN3O3. The molecule has 0 saturated carbocycles. The SMILES string of the molecule is C=CCNC(=O)c1cncc(C(=O)Nc2cc(Cl)ccc2OC)c1. The van der Waals surface area contributed by atoms with Gasteiger partial charge in [0.2, 0.25) is 0 Å². The summed E-state index contributed by atoms with van der Waals surface area (Å²) < 4.78 is 5.18. The second kappa shape index (κ2) is 8.12. The molecule has 124 valence electrons. The van der Waals surface area contributed by atoms with Crippen LogP contribution in [0, 0.1) is 0 Å². The van der Waals surface area contributed by atoms with Crippen molar-refractivity contribution in [3.63, 3.8) is 0 Å². The number of rotatable bonds is 6. The van der Waals surface area contributed by atoms with Crippen LogP contribution in [0.5, 0.6) is 5.75 Å². The number of amides is 2. The van der Waals surface area contributed by atoms with Crippen LogP contribution in [0.4, 0.5) is 5.69 Å². The lowest BCUT2D eigenvalue weighted by atomic mass is 10.1. The van der Waals surface area contributed by atoms with Gasteiger partial charge in [-0.25, -0.2) is 0 Å². The molecular weight excluding hydrogens is 330 g/mol. The zero-order chi connectivity index (χ0) is 17.5. The lowest BCUT2D eigenvalue weighted by molar-refractivity contribution is 0.0957. The Morgan fingerprint density at radius 3 is 2.62 bits per heavy atom. The number of hydrogen-bond acceptors (Lipinski definition) is 4. The van der Waals surface area contributed by atoms with Crippen molar-refractivity contribution in [3.8, 4) is 5.75 Å². The van der Waals surface area contributed by atoms with Crippen molar-refractivity contribution < 1.29 is 14.3 Å². The predicted molar refractivity (Wildman–Crippen MR) is 92.7 cm³/mol. The third-order valence-electron chi connectivity index (χ3n) is 3.08. The largest absolute Gasteiger partial charge is 0.495 e. The Labute approximate surface area is 144 Å². The van der Waals surface area contributed by atoms with E-state index in [1.165, 1.54) is 25.6 Å². The van der Waals surface area contributed by atoms with Gasteiger partial charge in [0.15, 0.2) is 0 Å². The summed E-state index contributed by atoms with van der Waals surface area (Å²) in [5.41, 5.74) is 0.947. The molecule has 0 radical (unpaired) electrons. The quantitative estimate of drug-likeness (QED) is 0.789. The van der Waals surface area contributed by atoms with Gasteiger partial charge in [-0.3, -0.25) is 14.6 Å². The normalized spacial score (nSPS) is 9.92. The molecule has 2 amide bonds.